The highest BCUT2D eigenvalue weighted by Crippen LogP contribution is 2.34. The maximum Gasteiger partial charge on any atom is 0.197 e. The number of hydrogen-bond donors (Lipinski definition) is 1. The van der Waals surface area contributed by atoms with Gasteiger partial charge in [-0.2, -0.15) is 0 Å². The van der Waals surface area contributed by atoms with Gasteiger partial charge in [-0.1, -0.05) is 78.9 Å². The first-order valence-electron chi connectivity index (χ1n) is 10.5. The molecule has 0 spiro atoms. The molecule has 158 valence electrons. The molecule has 0 saturated heterocycles. The summed E-state index contributed by atoms with van der Waals surface area (Å²) in [5.41, 5.74) is 2.30. The number of benzene rings is 3. The van der Waals surface area contributed by atoms with Crippen LogP contribution in [0.3, 0.4) is 0 Å². The number of hydrogen-bond acceptors (Lipinski definition) is 4. The van der Waals surface area contributed by atoms with Gasteiger partial charge in [0.25, 0.3) is 0 Å². The van der Waals surface area contributed by atoms with Crippen LogP contribution >= 0.6 is 0 Å². The maximum absolute atomic E-state index is 12.7. The fourth-order valence-corrected chi connectivity index (χ4v) is 4.10. The van der Waals surface area contributed by atoms with E-state index in [-0.39, 0.29) is 34.3 Å². The van der Waals surface area contributed by atoms with Crippen molar-refractivity contribution >= 4 is 33.9 Å². The van der Waals surface area contributed by atoms with E-state index in [0.29, 0.717) is 22.3 Å². The molecular formula is C29H18O4. The fourth-order valence-electron chi connectivity index (χ4n) is 4.10. The molecule has 0 atom stereocenters. The van der Waals surface area contributed by atoms with Crippen LogP contribution in [0, 0.1) is 0 Å². The summed E-state index contributed by atoms with van der Waals surface area (Å²) in [7, 11) is 0. The number of aliphatic hydroxyl groups excluding tert-OH is 1. The van der Waals surface area contributed by atoms with Gasteiger partial charge < -0.3 is 5.11 Å². The van der Waals surface area contributed by atoms with Crippen molar-refractivity contribution < 1.29 is 19.5 Å². The Bertz CT molecular complexity index is 1470. The van der Waals surface area contributed by atoms with Gasteiger partial charge in [-0.3, -0.25) is 14.4 Å². The molecular weight excluding hydrogens is 412 g/mol. The van der Waals surface area contributed by atoms with Crippen LogP contribution in [0.5, 0.6) is 0 Å². The third-order valence-electron chi connectivity index (χ3n) is 5.76. The Balaban J connectivity index is 1.29. The van der Waals surface area contributed by atoms with Crippen LogP contribution < -0.4 is 0 Å². The van der Waals surface area contributed by atoms with Crippen molar-refractivity contribution in [3.05, 3.63) is 137 Å². The van der Waals surface area contributed by atoms with Gasteiger partial charge in [0.15, 0.2) is 17.3 Å². The molecule has 3 aromatic rings. The third kappa shape index (κ3) is 3.48. The summed E-state index contributed by atoms with van der Waals surface area (Å²) >= 11 is 0. The fraction of sp³-hybridized carbons (Fsp3) is 0. The van der Waals surface area contributed by atoms with Crippen LogP contribution in [0.25, 0.3) is 16.5 Å². The van der Waals surface area contributed by atoms with Crippen molar-refractivity contribution in [2.24, 2.45) is 0 Å². The Hall–Kier alpha value is -4.57. The molecule has 2 aliphatic carbocycles. The summed E-state index contributed by atoms with van der Waals surface area (Å²) in [5.74, 6) is -0.767. The number of carbonyl (C=O) groups is 3. The Labute approximate surface area is 190 Å². The van der Waals surface area contributed by atoms with Crippen molar-refractivity contribution in [3.8, 4) is 0 Å². The van der Waals surface area contributed by atoms with E-state index in [1.54, 1.807) is 66.8 Å². The first-order valence-corrected chi connectivity index (χ1v) is 10.5. The van der Waals surface area contributed by atoms with Crippen molar-refractivity contribution in [2.45, 2.75) is 0 Å². The van der Waals surface area contributed by atoms with E-state index in [9.17, 15) is 19.5 Å². The average Bonchev–Trinajstić information content (AvgIpc) is 3.22. The molecule has 0 fully saturated rings. The normalized spacial score (nSPS) is 15.6. The highest BCUT2D eigenvalue weighted by molar-refractivity contribution is 6.39. The Morgan fingerprint density at radius 1 is 0.576 bits per heavy atom. The number of rotatable bonds is 4. The molecule has 3 aromatic carbocycles. The molecule has 0 bridgehead atoms. The molecule has 33 heavy (non-hydrogen) atoms. The molecule has 2 aliphatic rings. The molecule has 4 nitrogen and oxygen atoms in total. The summed E-state index contributed by atoms with van der Waals surface area (Å²) in [6.45, 7) is 0. The zero-order valence-electron chi connectivity index (χ0n) is 17.5. The number of carbonyl (C=O) groups excluding carboxylic acids is 3. The standard InChI is InChI=1S/C29H18O4/c30-26-20-12-8-9-13-21(20)27(31)22(26)14-4-2-1-3-5-15-23-28(32)24-16-18-10-6-7-11-19(18)17-25(24)29(23)33/h1-17,32H/b3-1+,4-2+,15-5+. The number of ketones is 3. The largest absolute Gasteiger partial charge is 0.507 e. The minimum absolute atomic E-state index is 0.0245. The van der Waals surface area contributed by atoms with Gasteiger partial charge in [-0.25, -0.2) is 0 Å². The van der Waals surface area contributed by atoms with Crippen LogP contribution in [0.1, 0.15) is 36.6 Å². The molecule has 0 aliphatic heterocycles. The van der Waals surface area contributed by atoms with Crippen molar-refractivity contribution in [3.63, 3.8) is 0 Å². The molecule has 0 saturated carbocycles. The van der Waals surface area contributed by atoms with Gasteiger partial charge in [0.1, 0.15) is 5.76 Å². The van der Waals surface area contributed by atoms with E-state index >= 15 is 0 Å². The summed E-state index contributed by atoms with van der Waals surface area (Å²) in [5, 5.41) is 12.5. The molecule has 5 rings (SSSR count). The molecule has 0 unspecified atom stereocenters. The number of allylic oxidation sites excluding steroid dienone is 9. The zero-order chi connectivity index (χ0) is 22.9. The van der Waals surface area contributed by atoms with Gasteiger partial charge in [0.2, 0.25) is 0 Å². The van der Waals surface area contributed by atoms with Crippen molar-refractivity contribution in [1.29, 1.82) is 0 Å². The van der Waals surface area contributed by atoms with Crippen LogP contribution in [0.2, 0.25) is 0 Å². The highest BCUT2D eigenvalue weighted by Gasteiger charge is 2.32. The Morgan fingerprint density at radius 3 is 1.79 bits per heavy atom. The number of fused-ring (bicyclic) bond motifs is 3. The van der Waals surface area contributed by atoms with Gasteiger partial charge in [0.05, 0.1) is 11.1 Å². The summed E-state index contributed by atoms with van der Waals surface area (Å²) in [4.78, 5) is 37.4. The summed E-state index contributed by atoms with van der Waals surface area (Å²) in [6, 6.07) is 18.1. The molecule has 1 N–H and O–H groups in total. The van der Waals surface area contributed by atoms with Gasteiger partial charge in [-0.15, -0.1) is 0 Å². The summed E-state index contributed by atoms with van der Waals surface area (Å²) < 4.78 is 0. The van der Waals surface area contributed by atoms with E-state index in [4.69, 9.17) is 0 Å². The lowest BCUT2D eigenvalue weighted by atomic mass is 10.0. The van der Waals surface area contributed by atoms with Crippen molar-refractivity contribution in [2.75, 3.05) is 0 Å². The van der Waals surface area contributed by atoms with E-state index in [2.05, 4.69) is 0 Å². The molecule has 4 heteroatoms. The SMILES string of the molecule is O=C1C(=C/C=C/C=C/C=C/C2=C(O)c3cc4ccccc4cc3C2=O)C(=O)c2ccccc21. The van der Waals surface area contributed by atoms with E-state index in [1.165, 1.54) is 6.08 Å². The second-order valence-electron chi connectivity index (χ2n) is 7.75. The summed E-state index contributed by atoms with van der Waals surface area (Å²) in [6.07, 6.45) is 11.5. The molecule has 0 radical (unpaired) electrons. The lowest BCUT2D eigenvalue weighted by Gasteiger charge is -2.02. The van der Waals surface area contributed by atoms with Crippen LogP contribution in [-0.2, 0) is 0 Å². The lowest BCUT2D eigenvalue weighted by molar-refractivity contribution is 0.0986. The van der Waals surface area contributed by atoms with Gasteiger partial charge in [0, 0.05) is 22.3 Å². The molecule has 0 amide bonds. The first kappa shape index (κ1) is 20.3. The van der Waals surface area contributed by atoms with Crippen LogP contribution in [0.15, 0.2) is 114 Å². The third-order valence-corrected chi connectivity index (χ3v) is 5.76. The minimum Gasteiger partial charge on any atom is -0.507 e. The van der Waals surface area contributed by atoms with Crippen LogP contribution in [0.4, 0.5) is 0 Å². The average molecular weight is 430 g/mol. The Morgan fingerprint density at radius 2 is 1.12 bits per heavy atom. The van der Waals surface area contributed by atoms with Gasteiger partial charge in [-0.05, 0) is 35.1 Å². The van der Waals surface area contributed by atoms with Gasteiger partial charge >= 0.3 is 0 Å². The van der Waals surface area contributed by atoms with E-state index in [1.807, 2.05) is 30.3 Å². The second kappa shape index (κ2) is 8.17. The first-order chi connectivity index (χ1) is 16.1. The van der Waals surface area contributed by atoms with E-state index in [0.717, 1.165) is 10.8 Å². The topological polar surface area (TPSA) is 71.4 Å². The monoisotopic (exact) mass is 430 g/mol. The minimum atomic E-state index is -0.265. The highest BCUT2D eigenvalue weighted by atomic mass is 16.3. The molecule has 0 aromatic heterocycles. The van der Waals surface area contributed by atoms with E-state index < -0.39 is 0 Å². The number of aliphatic hydroxyl groups is 1. The maximum atomic E-state index is 12.7. The van der Waals surface area contributed by atoms with Crippen molar-refractivity contribution in [1.82, 2.24) is 0 Å². The zero-order valence-corrected chi connectivity index (χ0v) is 17.5. The predicted octanol–water partition coefficient (Wildman–Crippen LogP) is 5.98. The smallest absolute Gasteiger partial charge is 0.197 e. The Kier molecular flexibility index (Phi) is 5.04. The molecule has 0 heterocycles. The predicted molar refractivity (Wildman–Crippen MR) is 128 cm³/mol. The number of Topliss-reactive ketones (excluding diaryl/α,β-unsaturated/α-hetero) is 3. The second-order valence-corrected chi connectivity index (χ2v) is 7.75. The quantitative estimate of drug-likeness (QED) is 0.314. The van der Waals surface area contributed by atoms with Crippen LogP contribution in [-0.4, -0.2) is 22.5 Å². The lowest BCUT2D eigenvalue weighted by Crippen LogP contribution is -1.99.